The summed E-state index contributed by atoms with van der Waals surface area (Å²) in [6.45, 7) is 22.2. The molecule has 0 bridgehead atoms. The van der Waals surface area contributed by atoms with E-state index in [-0.39, 0.29) is 16.7 Å². The standard InChI is InChI=1S/C34H48O6Si2/c1-32(2,3)41(7,8)39-26-17-19-28(30(21-26)40-42(9,10)33(4,5)6)34(36)23-38-29-20-25(16-18-27(29)31(34)35)37-22-24-14-12-11-13-15-24/h11-21,31,35-36H,22-23H2,1-10H3. The number of aliphatic hydroxyl groups excluding tert-OH is 1. The molecule has 0 fully saturated rings. The molecule has 3 aromatic carbocycles. The van der Waals surface area contributed by atoms with Crippen LogP contribution in [0, 0.1) is 0 Å². The first kappa shape index (κ1) is 32.1. The van der Waals surface area contributed by atoms with Crippen LogP contribution in [-0.4, -0.2) is 33.5 Å². The number of hydrogen-bond acceptors (Lipinski definition) is 6. The molecule has 1 aliphatic heterocycles. The maximum Gasteiger partial charge on any atom is 0.250 e. The van der Waals surface area contributed by atoms with Crippen LogP contribution in [0.15, 0.2) is 66.7 Å². The van der Waals surface area contributed by atoms with Crippen molar-refractivity contribution < 1.29 is 28.5 Å². The summed E-state index contributed by atoms with van der Waals surface area (Å²) in [6, 6.07) is 20.8. The first-order valence-electron chi connectivity index (χ1n) is 14.7. The molecule has 1 aliphatic rings. The molecule has 8 heteroatoms. The zero-order valence-corrected chi connectivity index (χ0v) is 28.9. The third kappa shape index (κ3) is 6.57. The Morgan fingerprint density at radius 1 is 0.810 bits per heavy atom. The summed E-state index contributed by atoms with van der Waals surface area (Å²) >= 11 is 0. The van der Waals surface area contributed by atoms with Crippen molar-refractivity contribution in [2.24, 2.45) is 0 Å². The smallest absolute Gasteiger partial charge is 0.250 e. The molecule has 2 N–H and O–H groups in total. The lowest BCUT2D eigenvalue weighted by molar-refractivity contribution is -0.122. The number of hydrogen-bond donors (Lipinski definition) is 2. The van der Waals surface area contributed by atoms with Crippen LogP contribution in [0.1, 0.15) is 64.3 Å². The van der Waals surface area contributed by atoms with Gasteiger partial charge in [-0.15, -0.1) is 0 Å². The van der Waals surface area contributed by atoms with Crippen molar-refractivity contribution in [3.05, 3.63) is 83.4 Å². The molecular weight excluding hydrogens is 561 g/mol. The number of benzene rings is 3. The first-order chi connectivity index (χ1) is 19.3. The Morgan fingerprint density at radius 2 is 1.40 bits per heavy atom. The maximum atomic E-state index is 12.1. The molecule has 6 nitrogen and oxygen atoms in total. The van der Waals surface area contributed by atoms with Gasteiger partial charge in [0.05, 0.1) is 0 Å². The van der Waals surface area contributed by atoms with E-state index in [4.69, 9.17) is 18.3 Å². The second kappa shape index (κ2) is 11.4. The lowest BCUT2D eigenvalue weighted by atomic mass is 9.82. The van der Waals surface area contributed by atoms with Crippen LogP contribution in [0.4, 0.5) is 0 Å². The Kier molecular flexibility index (Phi) is 8.70. The van der Waals surface area contributed by atoms with E-state index in [9.17, 15) is 10.2 Å². The summed E-state index contributed by atoms with van der Waals surface area (Å²) in [6.07, 6.45) is -1.24. The predicted molar refractivity (Wildman–Crippen MR) is 174 cm³/mol. The average molecular weight is 609 g/mol. The Morgan fingerprint density at radius 3 is 2.02 bits per heavy atom. The van der Waals surface area contributed by atoms with Crippen molar-refractivity contribution in [1.29, 1.82) is 0 Å². The molecule has 1 heterocycles. The molecule has 0 aliphatic carbocycles. The molecule has 42 heavy (non-hydrogen) atoms. The van der Waals surface area contributed by atoms with Gasteiger partial charge in [0.2, 0.25) is 16.6 Å². The Labute approximate surface area is 253 Å². The summed E-state index contributed by atoms with van der Waals surface area (Å²) in [7, 11) is -4.45. The van der Waals surface area contributed by atoms with Crippen LogP contribution < -0.4 is 18.3 Å². The topological polar surface area (TPSA) is 77.4 Å². The highest BCUT2D eigenvalue weighted by Gasteiger charge is 2.48. The van der Waals surface area contributed by atoms with Crippen molar-refractivity contribution in [1.82, 2.24) is 0 Å². The van der Waals surface area contributed by atoms with Gasteiger partial charge in [-0.1, -0.05) is 71.9 Å². The van der Waals surface area contributed by atoms with Crippen molar-refractivity contribution in [2.75, 3.05) is 6.61 Å². The van der Waals surface area contributed by atoms with Crippen LogP contribution >= 0.6 is 0 Å². The van der Waals surface area contributed by atoms with Gasteiger partial charge in [0.25, 0.3) is 0 Å². The normalized spacial score (nSPS) is 19.5. The van der Waals surface area contributed by atoms with E-state index in [0.717, 1.165) is 5.56 Å². The minimum Gasteiger partial charge on any atom is -0.543 e. The SMILES string of the molecule is CC(C)(C)[Si](C)(C)Oc1ccc(C2(O)COc3cc(OCc4ccccc4)ccc3C2O)c(O[Si](C)(C)C(C)(C)C)c1. The quantitative estimate of drug-likeness (QED) is 0.250. The number of aliphatic hydroxyl groups is 2. The van der Waals surface area contributed by atoms with Gasteiger partial charge in [-0.3, -0.25) is 0 Å². The zero-order valence-electron chi connectivity index (χ0n) is 26.9. The maximum absolute atomic E-state index is 12.1. The molecule has 4 rings (SSSR count). The third-order valence-electron chi connectivity index (χ3n) is 9.20. The van der Waals surface area contributed by atoms with E-state index in [2.05, 4.69) is 67.7 Å². The Balaban J connectivity index is 1.68. The van der Waals surface area contributed by atoms with Gasteiger partial charge in [0.1, 0.15) is 42.3 Å². The van der Waals surface area contributed by atoms with Gasteiger partial charge in [-0.25, -0.2) is 0 Å². The highest BCUT2D eigenvalue weighted by Crippen LogP contribution is 2.49. The van der Waals surface area contributed by atoms with Gasteiger partial charge in [0, 0.05) is 23.3 Å². The summed E-state index contributed by atoms with van der Waals surface area (Å²) in [5.74, 6) is 2.34. The molecule has 228 valence electrons. The molecule has 0 saturated heterocycles. The second-order valence-corrected chi connectivity index (χ2v) is 23.9. The van der Waals surface area contributed by atoms with Crippen molar-refractivity contribution >= 4 is 16.6 Å². The summed E-state index contributed by atoms with van der Waals surface area (Å²) in [5, 5.41) is 23.7. The molecule has 2 unspecified atom stereocenters. The Hall–Kier alpha value is -2.79. The number of rotatable bonds is 8. The monoisotopic (exact) mass is 608 g/mol. The molecule has 0 saturated carbocycles. The van der Waals surface area contributed by atoms with E-state index < -0.39 is 28.3 Å². The molecule has 2 atom stereocenters. The van der Waals surface area contributed by atoms with E-state index in [1.165, 1.54) is 0 Å². The van der Waals surface area contributed by atoms with E-state index in [1.54, 1.807) is 18.2 Å². The lowest BCUT2D eigenvalue weighted by Gasteiger charge is -2.42. The predicted octanol–water partition coefficient (Wildman–Crippen LogP) is 8.35. The molecule has 0 aromatic heterocycles. The summed E-state index contributed by atoms with van der Waals surface area (Å²) in [5.41, 5.74) is 0.307. The Bertz CT molecular complexity index is 1390. The molecule has 0 amide bonds. The fraction of sp³-hybridized carbons (Fsp3) is 0.471. The average Bonchev–Trinajstić information content (AvgIpc) is 2.89. The molecular formula is C34H48O6Si2. The van der Waals surface area contributed by atoms with Crippen LogP contribution in [0.3, 0.4) is 0 Å². The minimum absolute atomic E-state index is 0.0189. The second-order valence-electron chi connectivity index (χ2n) is 14.5. The summed E-state index contributed by atoms with van der Waals surface area (Å²) in [4.78, 5) is 0. The fourth-order valence-corrected chi connectivity index (χ4v) is 6.38. The van der Waals surface area contributed by atoms with E-state index >= 15 is 0 Å². The molecule has 3 aromatic rings. The fourth-order valence-electron chi connectivity index (χ4n) is 4.33. The first-order valence-corrected chi connectivity index (χ1v) is 20.5. The van der Waals surface area contributed by atoms with Crippen LogP contribution in [0.25, 0.3) is 0 Å². The van der Waals surface area contributed by atoms with E-state index in [1.807, 2.05) is 48.5 Å². The van der Waals surface area contributed by atoms with Gasteiger partial charge < -0.3 is 28.5 Å². The zero-order chi connectivity index (χ0) is 31.1. The highest BCUT2D eigenvalue weighted by atomic mass is 28.4. The van der Waals surface area contributed by atoms with E-state index in [0.29, 0.717) is 40.7 Å². The van der Waals surface area contributed by atoms with Crippen molar-refractivity contribution in [3.63, 3.8) is 0 Å². The van der Waals surface area contributed by atoms with Gasteiger partial charge in [0.15, 0.2) is 5.60 Å². The van der Waals surface area contributed by atoms with Gasteiger partial charge >= 0.3 is 0 Å². The third-order valence-corrected chi connectivity index (χ3v) is 17.9. The number of fused-ring (bicyclic) bond motifs is 1. The number of ether oxygens (including phenoxy) is 2. The van der Waals surface area contributed by atoms with Crippen molar-refractivity contribution in [2.45, 2.75) is 96.1 Å². The molecule has 0 spiro atoms. The van der Waals surface area contributed by atoms with Crippen LogP contribution in [-0.2, 0) is 12.2 Å². The van der Waals surface area contributed by atoms with Crippen LogP contribution in [0.2, 0.25) is 36.3 Å². The lowest BCUT2D eigenvalue weighted by Crippen LogP contribution is -2.47. The minimum atomic E-state index is -2.32. The van der Waals surface area contributed by atoms with Crippen molar-refractivity contribution in [3.8, 4) is 23.0 Å². The van der Waals surface area contributed by atoms with Crippen LogP contribution in [0.5, 0.6) is 23.0 Å². The van der Waals surface area contributed by atoms with Gasteiger partial charge in [-0.2, -0.15) is 0 Å². The van der Waals surface area contributed by atoms with Gasteiger partial charge in [-0.05, 0) is 66.1 Å². The largest absolute Gasteiger partial charge is 0.543 e. The highest BCUT2D eigenvalue weighted by molar-refractivity contribution is 6.75. The molecule has 0 radical (unpaired) electrons. The summed E-state index contributed by atoms with van der Waals surface area (Å²) < 4.78 is 25.5.